The molecule has 0 bridgehead atoms. The number of benzene rings is 1. The van der Waals surface area contributed by atoms with Gasteiger partial charge in [0.25, 0.3) is 0 Å². The number of hydrogen-bond donors (Lipinski definition) is 1. The maximum absolute atomic E-state index is 13.7. The molecular formula is C16H20FN3S. The van der Waals surface area contributed by atoms with E-state index in [4.69, 9.17) is 5.73 Å². The summed E-state index contributed by atoms with van der Waals surface area (Å²) in [7, 11) is 0. The van der Waals surface area contributed by atoms with Crippen molar-refractivity contribution < 1.29 is 4.39 Å². The van der Waals surface area contributed by atoms with Gasteiger partial charge >= 0.3 is 0 Å². The third-order valence-corrected chi connectivity index (χ3v) is 5.03. The minimum Gasteiger partial charge on any atom is -0.399 e. The Morgan fingerprint density at radius 2 is 2.05 bits per heavy atom. The van der Waals surface area contributed by atoms with E-state index in [1.54, 1.807) is 12.1 Å². The Hall–Kier alpha value is -1.49. The van der Waals surface area contributed by atoms with E-state index in [-0.39, 0.29) is 5.82 Å². The van der Waals surface area contributed by atoms with Crippen molar-refractivity contribution in [2.45, 2.75) is 48.8 Å². The van der Waals surface area contributed by atoms with Gasteiger partial charge in [0.1, 0.15) is 5.82 Å². The Balaban J connectivity index is 1.61. The molecule has 0 radical (unpaired) electrons. The maximum atomic E-state index is 13.7. The number of rotatable bonds is 4. The first-order valence-corrected chi connectivity index (χ1v) is 8.43. The van der Waals surface area contributed by atoms with E-state index in [1.807, 2.05) is 6.07 Å². The lowest BCUT2D eigenvalue weighted by Gasteiger charge is -2.21. The van der Waals surface area contributed by atoms with Crippen LogP contribution in [0.25, 0.3) is 0 Å². The molecule has 2 aromatic rings. The summed E-state index contributed by atoms with van der Waals surface area (Å²) in [6.45, 7) is 0. The summed E-state index contributed by atoms with van der Waals surface area (Å²) in [5.74, 6) is 0.423. The molecular weight excluding hydrogens is 285 g/mol. The van der Waals surface area contributed by atoms with Crippen molar-refractivity contribution in [2.24, 2.45) is 0 Å². The van der Waals surface area contributed by atoms with Gasteiger partial charge in [-0.05, 0) is 37.1 Å². The Labute approximate surface area is 128 Å². The lowest BCUT2D eigenvalue weighted by molar-refractivity contribution is 0.328. The highest BCUT2D eigenvalue weighted by molar-refractivity contribution is 7.98. The van der Waals surface area contributed by atoms with Crippen LogP contribution in [0.2, 0.25) is 0 Å². The molecule has 1 aromatic heterocycles. The topological polar surface area (TPSA) is 43.8 Å². The van der Waals surface area contributed by atoms with Gasteiger partial charge in [-0.2, -0.15) is 5.10 Å². The predicted molar refractivity (Wildman–Crippen MR) is 84.7 cm³/mol. The van der Waals surface area contributed by atoms with Gasteiger partial charge in [-0.1, -0.05) is 19.3 Å². The van der Waals surface area contributed by atoms with Crippen molar-refractivity contribution in [3.05, 3.63) is 42.0 Å². The van der Waals surface area contributed by atoms with Crippen LogP contribution in [-0.4, -0.2) is 9.78 Å². The van der Waals surface area contributed by atoms with Crippen LogP contribution in [0.1, 0.15) is 43.8 Å². The van der Waals surface area contributed by atoms with Crippen LogP contribution in [-0.2, 0) is 5.75 Å². The number of anilines is 1. The number of thioether (sulfide) groups is 1. The highest BCUT2D eigenvalue weighted by Crippen LogP contribution is 2.29. The molecule has 0 unspecified atom stereocenters. The van der Waals surface area contributed by atoms with E-state index in [0.29, 0.717) is 22.4 Å². The molecule has 1 heterocycles. The summed E-state index contributed by atoms with van der Waals surface area (Å²) < 4.78 is 15.8. The fourth-order valence-electron chi connectivity index (χ4n) is 2.79. The van der Waals surface area contributed by atoms with Crippen LogP contribution in [0, 0.1) is 5.82 Å². The first kappa shape index (κ1) is 14.4. The summed E-state index contributed by atoms with van der Waals surface area (Å²) in [6, 6.07) is 7.41. The van der Waals surface area contributed by atoms with Crippen LogP contribution < -0.4 is 5.73 Å². The third-order valence-electron chi connectivity index (χ3n) is 3.94. The summed E-state index contributed by atoms with van der Waals surface area (Å²) >= 11 is 1.46. The van der Waals surface area contributed by atoms with Crippen molar-refractivity contribution in [3.8, 4) is 0 Å². The van der Waals surface area contributed by atoms with Gasteiger partial charge in [0.15, 0.2) is 0 Å². The van der Waals surface area contributed by atoms with E-state index in [0.717, 1.165) is 5.69 Å². The monoisotopic (exact) mass is 305 g/mol. The Morgan fingerprint density at radius 3 is 2.81 bits per heavy atom. The lowest BCUT2D eigenvalue weighted by Crippen LogP contribution is -2.13. The van der Waals surface area contributed by atoms with Gasteiger partial charge in [-0.25, -0.2) is 4.39 Å². The van der Waals surface area contributed by atoms with Crippen molar-refractivity contribution in [2.75, 3.05) is 5.73 Å². The standard InChI is InChI=1S/C16H20FN3S/c17-15-10-12(18)6-7-16(15)21-11-13-8-9-20(19-13)14-4-2-1-3-5-14/h6-10,14H,1-5,11,18H2. The van der Waals surface area contributed by atoms with Crippen molar-refractivity contribution in [3.63, 3.8) is 0 Å². The summed E-state index contributed by atoms with van der Waals surface area (Å²) in [4.78, 5) is 0.622. The quantitative estimate of drug-likeness (QED) is 0.672. The zero-order valence-electron chi connectivity index (χ0n) is 12.0. The molecule has 2 N–H and O–H groups in total. The molecule has 5 heteroatoms. The van der Waals surface area contributed by atoms with Gasteiger partial charge in [0.2, 0.25) is 0 Å². The zero-order valence-corrected chi connectivity index (χ0v) is 12.8. The molecule has 1 aromatic carbocycles. The second-order valence-corrected chi connectivity index (χ2v) is 6.57. The number of hydrogen-bond acceptors (Lipinski definition) is 3. The van der Waals surface area contributed by atoms with Crippen LogP contribution in [0.5, 0.6) is 0 Å². The normalized spacial score (nSPS) is 16.2. The van der Waals surface area contributed by atoms with Crippen LogP contribution in [0.3, 0.4) is 0 Å². The van der Waals surface area contributed by atoms with E-state index >= 15 is 0 Å². The van der Waals surface area contributed by atoms with Crippen LogP contribution in [0.15, 0.2) is 35.4 Å². The molecule has 0 amide bonds. The maximum Gasteiger partial charge on any atom is 0.138 e. The smallest absolute Gasteiger partial charge is 0.138 e. The van der Waals surface area contributed by atoms with Crippen molar-refractivity contribution in [1.82, 2.24) is 9.78 Å². The summed E-state index contributed by atoms with van der Waals surface area (Å²) in [5.41, 5.74) is 7.01. The first-order valence-electron chi connectivity index (χ1n) is 7.44. The minimum atomic E-state index is -0.258. The highest BCUT2D eigenvalue weighted by Gasteiger charge is 2.16. The first-order chi connectivity index (χ1) is 10.2. The zero-order chi connectivity index (χ0) is 14.7. The Bertz CT molecular complexity index is 605. The molecule has 1 fully saturated rings. The molecule has 0 aliphatic heterocycles. The van der Waals surface area contributed by atoms with Gasteiger partial charge < -0.3 is 5.73 Å². The van der Waals surface area contributed by atoms with E-state index in [1.165, 1.54) is 49.9 Å². The molecule has 112 valence electrons. The highest BCUT2D eigenvalue weighted by atomic mass is 32.2. The number of nitrogens with zero attached hydrogens (tertiary/aromatic N) is 2. The van der Waals surface area contributed by atoms with Gasteiger partial charge in [0.05, 0.1) is 11.7 Å². The number of nitrogen functional groups attached to an aromatic ring is 1. The van der Waals surface area contributed by atoms with E-state index in [9.17, 15) is 4.39 Å². The number of halogens is 1. The molecule has 1 saturated carbocycles. The van der Waals surface area contributed by atoms with Crippen molar-refractivity contribution in [1.29, 1.82) is 0 Å². The molecule has 21 heavy (non-hydrogen) atoms. The molecule has 0 saturated heterocycles. The molecule has 0 spiro atoms. The largest absolute Gasteiger partial charge is 0.399 e. The fraction of sp³-hybridized carbons (Fsp3) is 0.438. The van der Waals surface area contributed by atoms with Crippen LogP contribution >= 0.6 is 11.8 Å². The SMILES string of the molecule is Nc1ccc(SCc2ccn(C3CCCCC3)n2)c(F)c1. The number of nitrogens with two attached hydrogens (primary N) is 1. The molecule has 1 aliphatic carbocycles. The molecule has 0 atom stereocenters. The van der Waals surface area contributed by atoms with E-state index in [2.05, 4.69) is 16.0 Å². The Kier molecular flexibility index (Phi) is 4.48. The molecule has 3 nitrogen and oxygen atoms in total. The third kappa shape index (κ3) is 3.59. The number of aromatic nitrogens is 2. The van der Waals surface area contributed by atoms with E-state index < -0.39 is 0 Å². The van der Waals surface area contributed by atoms with Gasteiger partial charge in [0, 0.05) is 22.5 Å². The minimum absolute atomic E-state index is 0.258. The fourth-order valence-corrected chi connectivity index (χ4v) is 3.61. The second-order valence-electron chi connectivity index (χ2n) is 5.56. The summed E-state index contributed by atoms with van der Waals surface area (Å²) in [6.07, 6.45) is 8.44. The average Bonchev–Trinajstić information content (AvgIpc) is 2.96. The average molecular weight is 305 g/mol. The lowest BCUT2D eigenvalue weighted by atomic mass is 9.96. The predicted octanol–water partition coefficient (Wildman–Crippen LogP) is 4.40. The van der Waals surface area contributed by atoms with Crippen LogP contribution in [0.4, 0.5) is 10.1 Å². The van der Waals surface area contributed by atoms with Gasteiger partial charge in [-0.15, -0.1) is 11.8 Å². The summed E-state index contributed by atoms with van der Waals surface area (Å²) in [5, 5.41) is 4.64. The second kappa shape index (κ2) is 6.52. The molecule has 3 rings (SSSR count). The van der Waals surface area contributed by atoms with Crippen molar-refractivity contribution >= 4 is 17.4 Å². The Morgan fingerprint density at radius 1 is 1.24 bits per heavy atom. The molecule has 1 aliphatic rings. The van der Waals surface area contributed by atoms with Gasteiger partial charge in [-0.3, -0.25) is 4.68 Å².